The number of nitrogens with one attached hydrogen (secondary N) is 1. The Bertz CT molecular complexity index is 681. The predicted octanol–water partition coefficient (Wildman–Crippen LogP) is 3.67. The van der Waals surface area contributed by atoms with Crippen molar-refractivity contribution in [2.24, 2.45) is 0 Å². The maximum absolute atomic E-state index is 11.8. The van der Waals surface area contributed by atoms with Gasteiger partial charge < -0.3 is 10.1 Å². The Labute approximate surface area is 137 Å². The van der Waals surface area contributed by atoms with Crippen LogP contribution in [0.15, 0.2) is 48.5 Å². The van der Waals surface area contributed by atoms with Crippen LogP contribution >= 0.6 is 0 Å². The lowest BCUT2D eigenvalue weighted by Crippen LogP contribution is -2.40. The highest BCUT2D eigenvalue weighted by molar-refractivity contribution is 5.76. The van der Waals surface area contributed by atoms with Crippen molar-refractivity contribution in [1.29, 1.82) is 0 Å². The lowest BCUT2D eigenvalue weighted by atomic mass is 9.76. The summed E-state index contributed by atoms with van der Waals surface area (Å²) in [6.07, 6.45) is 2.27. The van der Waals surface area contributed by atoms with Crippen LogP contribution in [-0.2, 0) is 11.2 Å². The zero-order valence-corrected chi connectivity index (χ0v) is 13.7. The summed E-state index contributed by atoms with van der Waals surface area (Å²) in [4.78, 5) is 11.8. The third kappa shape index (κ3) is 3.24. The fraction of sp³-hybridized carbons (Fsp3) is 0.350. The van der Waals surface area contributed by atoms with Crippen molar-refractivity contribution in [2.45, 2.75) is 38.1 Å². The monoisotopic (exact) mass is 309 g/mol. The Morgan fingerprint density at radius 1 is 1.17 bits per heavy atom. The van der Waals surface area contributed by atoms with Gasteiger partial charge in [0.05, 0.1) is 7.11 Å². The summed E-state index contributed by atoms with van der Waals surface area (Å²) in [6, 6.07) is 16.9. The van der Waals surface area contributed by atoms with Crippen LogP contribution in [0, 0.1) is 0 Å². The molecule has 0 aliphatic heterocycles. The van der Waals surface area contributed by atoms with Gasteiger partial charge in [-0.2, -0.15) is 0 Å². The fourth-order valence-corrected chi connectivity index (χ4v) is 3.50. The second-order valence-corrected chi connectivity index (χ2v) is 6.05. The molecule has 23 heavy (non-hydrogen) atoms. The first-order valence-electron chi connectivity index (χ1n) is 8.23. The third-order valence-corrected chi connectivity index (χ3v) is 4.62. The number of ether oxygens (including phenoxy) is 1. The van der Waals surface area contributed by atoms with Gasteiger partial charge in [0, 0.05) is 18.4 Å². The minimum Gasteiger partial charge on any atom is -0.496 e. The summed E-state index contributed by atoms with van der Waals surface area (Å²) in [7, 11) is 1.71. The molecule has 0 radical (unpaired) electrons. The van der Waals surface area contributed by atoms with Gasteiger partial charge in [-0.15, -0.1) is 0 Å². The Kier molecular flexibility index (Phi) is 4.65. The summed E-state index contributed by atoms with van der Waals surface area (Å²) in [5, 5.41) is 3.17. The second kappa shape index (κ2) is 6.86. The quantitative estimate of drug-likeness (QED) is 0.936. The van der Waals surface area contributed by atoms with E-state index < -0.39 is 0 Å². The van der Waals surface area contributed by atoms with Crippen LogP contribution < -0.4 is 10.1 Å². The van der Waals surface area contributed by atoms with Crippen molar-refractivity contribution in [3.05, 3.63) is 65.2 Å². The van der Waals surface area contributed by atoms with Gasteiger partial charge in [-0.1, -0.05) is 49.4 Å². The topological polar surface area (TPSA) is 38.3 Å². The first kappa shape index (κ1) is 15.6. The van der Waals surface area contributed by atoms with Crippen LogP contribution in [0.1, 0.15) is 42.4 Å². The van der Waals surface area contributed by atoms with Crippen molar-refractivity contribution in [2.75, 3.05) is 7.11 Å². The minimum absolute atomic E-state index is 0.111. The molecule has 2 aromatic rings. The van der Waals surface area contributed by atoms with Crippen molar-refractivity contribution in [3.8, 4) is 5.75 Å². The zero-order valence-electron chi connectivity index (χ0n) is 13.7. The number of amides is 1. The highest BCUT2D eigenvalue weighted by Gasteiger charge is 2.30. The SMILES string of the molecule is CCC(=O)N[C@H]1Cc2c(OC)cccc2[C@@H](c2ccccc2)C1. The van der Waals surface area contributed by atoms with Crippen LogP contribution in [0.25, 0.3) is 0 Å². The van der Waals surface area contributed by atoms with E-state index in [4.69, 9.17) is 4.74 Å². The molecule has 2 atom stereocenters. The van der Waals surface area contributed by atoms with E-state index in [0.717, 1.165) is 18.6 Å². The molecule has 1 aliphatic carbocycles. The molecule has 0 spiro atoms. The van der Waals surface area contributed by atoms with Crippen molar-refractivity contribution in [1.82, 2.24) is 5.32 Å². The summed E-state index contributed by atoms with van der Waals surface area (Å²) in [5.41, 5.74) is 3.83. The average molecular weight is 309 g/mol. The molecule has 0 bridgehead atoms. The molecule has 120 valence electrons. The van der Waals surface area contributed by atoms with Crippen LogP contribution in [0.4, 0.5) is 0 Å². The van der Waals surface area contributed by atoms with Crippen LogP contribution in [0.2, 0.25) is 0 Å². The summed E-state index contributed by atoms with van der Waals surface area (Å²) < 4.78 is 5.56. The highest BCUT2D eigenvalue weighted by atomic mass is 16.5. The van der Waals surface area contributed by atoms with Crippen molar-refractivity contribution in [3.63, 3.8) is 0 Å². The number of carbonyl (C=O) groups excluding carboxylic acids is 1. The Morgan fingerprint density at radius 2 is 1.96 bits per heavy atom. The predicted molar refractivity (Wildman–Crippen MR) is 91.8 cm³/mol. The molecule has 1 amide bonds. The van der Waals surface area contributed by atoms with E-state index in [2.05, 4.69) is 41.7 Å². The largest absolute Gasteiger partial charge is 0.496 e. The van der Waals surface area contributed by atoms with Crippen molar-refractivity contribution < 1.29 is 9.53 Å². The van der Waals surface area contributed by atoms with Gasteiger partial charge in [0.25, 0.3) is 0 Å². The van der Waals surface area contributed by atoms with Gasteiger partial charge >= 0.3 is 0 Å². The summed E-state index contributed by atoms with van der Waals surface area (Å²) in [6.45, 7) is 1.89. The Morgan fingerprint density at radius 3 is 2.65 bits per heavy atom. The molecule has 0 heterocycles. The molecule has 0 aromatic heterocycles. The molecule has 0 saturated carbocycles. The van der Waals surface area contributed by atoms with Gasteiger partial charge in [-0.3, -0.25) is 4.79 Å². The fourth-order valence-electron chi connectivity index (χ4n) is 3.50. The summed E-state index contributed by atoms with van der Waals surface area (Å²) >= 11 is 0. The minimum atomic E-state index is 0.111. The molecule has 0 unspecified atom stereocenters. The van der Waals surface area contributed by atoms with E-state index >= 15 is 0 Å². The Balaban J connectivity index is 2.00. The van der Waals surface area contributed by atoms with E-state index in [1.54, 1.807) is 7.11 Å². The first-order chi connectivity index (χ1) is 11.2. The van der Waals surface area contributed by atoms with Gasteiger partial charge in [0.15, 0.2) is 0 Å². The van der Waals surface area contributed by atoms with Crippen molar-refractivity contribution >= 4 is 5.91 Å². The molecule has 0 fully saturated rings. The van der Waals surface area contributed by atoms with E-state index in [0.29, 0.717) is 6.42 Å². The zero-order chi connectivity index (χ0) is 16.2. The molecule has 3 heteroatoms. The van der Waals surface area contributed by atoms with E-state index in [-0.39, 0.29) is 17.9 Å². The third-order valence-electron chi connectivity index (χ3n) is 4.62. The maximum atomic E-state index is 11.8. The highest BCUT2D eigenvalue weighted by Crippen LogP contribution is 2.40. The molecule has 2 aromatic carbocycles. The molecular formula is C20H23NO2. The average Bonchev–Trinajstić information content (AvgIpc) is 2.61. The van der Waals surface area contributed by atoms with Crippen LogP contribution in [-0.4, -0.2) is 19.1 Å². The summed E-state index contributed by atoms with van der Waals surface area (Å²) in [5.74, 6) is 1.32. The Hall–Kier alpha value is -2.29. The van der Waals surface area contributed by atoms with Gasteiger partial charge in [0.1, 0.15) is 5.75 Å². The lowest BCUT2D eigenvalue weighted by Gasteiger charge is -2.33. The lowest BCUT2D eigenvalue weighted by molar-refractivity contribution is -0.121. The van der Waals surface area contributed by atoms with Gasteiger partial charge in [-0.05, 0) is 35.6 Å². The van der Waals surface area contributed by atoms with E-state index in [1.165, 1.54) is 16.7 Å². The number of fused-ring (bicyclic) bond motifs is 1. The van der Waals surface area contributed by atoms with Crippen LogP contribution in [0.5, 0.6) is 5.75 Å². The van der Waals surface area contributed by atoms with E-state index in [9.17, 15) is 4.79 Å². The number of rotatable bonds is 4. The second-order valence-electron chi connectivity index (χ2n) is 6.05. The molecule has 3 rings (SSSR count). The normalized spacial score (nSPS) is 19.7. The number of methoxy groups -OCH3 is 1. The first-order valence-corrected chi connectivity index (χ1v) is 8.23. The number of hydrogen-bond acceptors (Lipinski definition) is 2. The van der Waals surface area contributed by atoms with Crippen LogP contribution in [0.3, 0.4) is 0 Å². The van der Waals surface area contributed by atoms with Gasteiger partial charge in [0.2, 0.25) is 5.91 Å². The molecule has 0 saturated heterocycles. The maximum Gasteiger partial charge on any atom is 0.219 e. The molecule has 3 nitrogen and oxygen atoms in total. The number of carbonyl (C=O) groups is 1. The smallest absolute Gasteiger partial charge is 0.219 e. The molecular weight excluding hydrogens is 286 g/mol. The number of benzene rings is 2. The number of hydrogen-bond donors (Lipinski definition) is 1. The molecule has 1 N–H and O–H groups in total. The van der Waals surface area contributed by atoms with E-state index in [1.807, 2.05) is 19.1 Å². The van der Waals surface area contributed by atoms with Gasteiger partial charge in [-0.25, -0.2) is 0 Å². The standard InChI is InChI=1S/C20H23NO2/c1-3-20(22)21-15-12-17(14-8-5-4-6-9-14)16-10-7-11-19(23-2)18(16)13-15/h4-11,15,17H,3,12-13H2,1-2H3,(H,21,22)/t15-,17-/m1/s1. The molecule has 1 aliphatic rings.